The Hall–Kier alpha value is -1.68. The van der Waals surface area contributed by atoms with E-state index in [1.54, 1.807) is 0 Å². The number of hydrogen-bond donors (Lipinski definition) is 0. The van der Waals surface area contributed by atoms with Crippen molar-refractivity contribution >= 4 is 18.4 Å². The van der Waals surface area contributed by atoms with E-state index in [0.717, 1.165) is 18.4 Å². The van der Waals surface area contributed by atoms with Crippen molar-refractivity contribution in [2.45, 2.75) is 70.3 Å². The minimum Gasteiger partial charge on any atom is -0.544 e. The molecule has 2 aliphatic rings. The maximum Gasteiger partial charge on any atom is 0.534 e. The largest absolute Gasteiger partial charge is 0.544 e. The van der Waals surface area contributed by atoms with Crippen LogP contribution < -0.4 is 13.3 Å². The summed E-state index contributed by atoms with van der Waals surface area (Å²) in [6.45, 7) is 11.7. The first-order chi connectivity index (χ1) is 13.5. The molecule has 1 heterocycles. The number of hydrogen-bond acceptors (Lipinski definition) is 5. The minimum absolute atomic E-state index is 0.0443. The summed E-state index contributed by atoms with van der Waals surface area (Å²) in [5.41, 5.74) is -4.17. The topological polar surface area (TPSA) is 61.8 Å². The van der Waals surface area contributed by atoms with Gasteiger partial charge >= 0.3 is 15.6 Å². The smallest absolute Gasteiger partial charge is 0.534 e. The predicted molar refractivity (Wildman–Crippen MR) is 110 cm³/mol. The van der Waals surface area contributed by atoms with E-state index in [1.165, 1.54) is 17.7 Å². The Balaban J connectivity index is 2.19. The van der Waals surface area contributed by atoms with Crippen LogP contribution in [0.3, 0.4) is 0 Å². The molecule has 10 heteroatoms. The average molecular weight is 465 g/mol. The lowest BCUT2D eigenvalue weighted by molar-refractivity contribution is -0.0500. The van der Waals surface area contributed by atoms with E-state index in [9.17, 15) is 21.6 Å². The Morgan fingerprint density at radius 3 is 2.40 bits per heavy atom. The second-order valence-electron chi connectivity index (χ2n) is 9.42. The van der Waals surface area contributed by atoms with Gasteiger partial charge in [-0.05, 0) is 53.3 Å². The Morgan fingerprint density at radius 2 is 1.83 bits per heavy atom. The van der Waals surface area contributed by atoms with Crippen LogP contribution in [0.5, 0.6) is 17.2 Å². The average Bonchev–Trinajstić information content (AvgIpc) is 2.50. The van der Waals surface area contributed by atoms with Crippen LogP contribution in [0.1, 0.15) is 45.1 Å². The molecule has 0 amide bonds. The number of allylic oxidation sites excluding steroid dienone is 2. The van der Waals surface area contributed by atoms with Crippen LogP contribution in [0.25, 0.3) is 0 Å². The van der Waals surface area contributed by atoms with Gasteiger partial charge in [0.2, 0.25) is 8.32 Å². The Morgan fingerprint density at radius 1 is 1.20 bits per heavy atom. The number of alkyl halides is 3. The Labute approximate surface area is 176 Å². The van der Waals surface area contributed by atoms with Crippen LogP contribution in [0.4, 0.5) is 13.2 Å². The number of ether oxygens (including phenoxy) is 1. The highest BCUT2D eigenvalue weighted by molar-refractivity contribution is 7.88. The molecule has 2 atom stereocenters. The van der Waals surface area contributed by atoms with Gasteiger partial charge in [0.25, 0.3) is 0 Å². The summed E-state index contributed by atoms with van der Waals surface area (Å²) < 4.78 is 78.4. The molecule has 0 saturated heterocycles. The fourth-order valence-electron chi connectivity index (χ4n) is 4.12. The van der Waals surface area contributed by atoms with Gasteiger partial charge in [-0.25, -0.2) is 0 Å². The molecule has 1 aliphatic heterocycles. The van der Waals surface area contributed by atoms with Gasteiger partial charge in [0, 0.05) is 29.5 Å². The van der Waals surface area contributed by atoms with Crippen LogP contribution in [0.15, 0.2) is 23.8 Å². The van der Waals surface area contributed by atoms with Crippen molar-refractivity contribution < 1.29 is 34.9 Å². The van der Waals surface area contributed by atoms with Crippen molar-refractivity contribution in [2.24, 2.45) is 5.92 Å². The highest BCUT2D eigenvalue weighted by Gasteiger charge is 2.50. The maximum atomic E-state index is 12.8. The van der Waals surface area contributed by atoms with Crippen molar-refractivity contribution in [3.8, 4) is 17.2 Å². The fourth-order valence-corrected chi connectivity index (χ4v) is 5.39. The number of rotatable bonds is 4. The first-order valence-corrected chi connectivity index (χ1v) is 14.6. The summed E-state index contributed by atoms with van der Waals surface area (Å²) in [6, 6.07) is 2.45. The zero-order chi connectivity index (χ0) is 22.7. The molecule has 0 bridgehead atoms. The van der Waals surface area contributed by atoms with Crippen molar-refractivity contribution in [3.63, 3.8) is 0 Å². The van der Waals surface area contributed by atoms with Crippen molar-refractivity contribution in [1.29, 1.82) is 0 Å². The second-order valence-corrected chi connectivity index (χ2v) is 15.4. The van der Waals surface area contributed by atoms with Gasteiger partial charge in [-0.1, -0.05) is 11.6 Å². The molecule has 0 aromatic heterocycles. The van der Waals surface area contributed by atoms with Crippen molar-refractivity contribution in [1.82, 2.24) is 0 Å². The Bertz CT molecular complexity index is 977. The van der Waals surface area contributed by atoms with E-state index >= 15 is 0 Å². The third kappa shape index (κ3) is 4.49. The SMILES string of the molecule is CC1=CC2c3c(cc(OS(=O)(=O)C(F)(F)F)cc3O[Si](C)(C)C)OC(C)(C)C2CC1. The third-order valence-electron chi connectivity index (χ3n) is 5.33. The molecule has 1 aromatic rings. The molecule has 30 heavy (non-hydrogen) atoms. The molecule has 5 nitrogen and oxygen atoms in total. The van der Waals surface area contributed by atoms with Gasteiger partial charge in [-0.2, -0.15) is 21.6 Å². The van der Waals surface area contributed by atoms with Gasteiger partial charge in [-0.15, -0.1) is 0 Å². The predicted octanol–water partition coefficient (Wildman–Crippen LogP) is 5.74. The van der Waals surface area contributed by atoms with Crippen LogP contribution in [-0.4, -0.2) is 27.8 Å². The zero-order valence-electron chi connectivity index (χ0n) is 17.9. The summed E-state index contributed by atoms with van der Waals surface area (Å²) >= 11 is 0. The zero-order valence-corrected chi connectivity index (χ0v) is 19.7. The second kappa shape index (κ2) is 7.18. The van der Waals surface area contributed by atoms with E-state index in [2.05, 4.69) is 10.3 Å². The molecular formula is C20H27F3O5SSi. The van der Waals surface area contributed by atoms with E-state index in [1.807, 2.05) is 40.4 Å². The van der Waals surface area contributed by atoms with Crippen molar-refractivity contribution in [2.75, 3.05) is 0 Å². The van der Waals surface area contributed by atoms with Crippen LogP contribution in [0, 0.1) is 5.92 Å². The summed E-state index contributed by atoms with van der Waals surface area (Å²) in [4.78, 5) is 0. The van der Waals surface area contributed by atoms with Crippen LogP contribution >= 0.6 is 0 Å². The van der Waals surface area contributed by atoms with Gasteiger partial charge in [0.15, 0.2) is 0 Å². The molecule has 168 valence electrons. The normalized spacial score (nSPS) is 23.6. The summed E-state index contributed by atoms with van der Waals surface area (Å²) in [5, 5.41) is 0. The lowest BCUT2D eigenvalue weighted by Crippen LogP contribution is -2.45. The lowest BCUT2D eigenvalue weighted by Gasteiger charge is -2.47. The van der Waals surface area contributed by atoms with E-state index in [0.29, 0.717) is 5.75 Å². The monoisotopic (exact) mass is 464 g/mol. The maximum absolute atomic E-state index is 12.8. The molecule has 0 saturated carbocycles. The van der Waals surface area contributed by atoms with Crippen LogP contribution in [-0.2, 0) is 10.1 Å². The lowest BCUT2D eigenvalue weighted by atomic mass is 9.68. The highest BCUT2D eigenvalue weighted by atomic mass is 32.2. The quantitative estimate of drug-likeness (QED) is 0.246. The molecule has 0 spiro atoms. The molecule has 1 aliphatic carbocycles. The third-order valence-corrected chi connectivity index (χ3v) is 7.14. The molecular weight excluding hydrogens is 437 g/mol. The molecule has 3 rings (SSSR count). The first kappa shape index (κ1) is 23.0. The number of fused-ring (bicyclic) bond motifs is 3. The molecule has 0 fully saturated rings. The highest BCUT2D eigenvalue weighted by Crippen LogP contribution is 2.54. The first-order valence-electron chi connectivity index (χ1n) is 9.74. The number of benzene rings is 1. The summed E-state index contributed by atoms with van der Waals surface area (Å²) in [6.07, 6.45) is 4.01. The molecule has 0 radical (unpaired) electrons. The van der Waals surface area contributed by atoms with Gasteiger partial charge < -0.3 is 13.3 Å². The summed E-state index contributed by atoms with van der Waals surface area (Å²) in [5.74, 6) is 0.233. The Kier molecular flexibility index (Phi) is 5.51. The number of halogens is 3. The minimum atomic E-state index is -5.81. The van der Waals surface area contributed by atoms with E-state index in [4.69, 9.17) is 9.16 Å². The fraction of sp³-hybridized carbons (Fsp3) is 0.600. The van der Waals surface area contributed by atoms with Gasteiger partial charge in [-0.3, -0.25) is 0 Å². The van der Waals surface area contributed by atoms with Crippen LogP contribution in [0.2, 0.25) is 19.6 Å². The molecule has 1 aromatic carbocycles. The van der Waals surface area contributed by atoms with E-state index in [-0.39, 0.29) is 17.6 Å². The van der Waals surface area contributed by atoms with Gasteiger partial charge in [0.1, 0.15) is 22.8 Å². The van der Waals surface area contributed by atoms with Crippen molar-refractivity contribution in [3.05, 3.63) is 29.3 Å². The molecule has 2 unspecified atom stereocenters. The van der Waals surface area contributed by atoms with Gasteiger partial charge in [0.05, 0.1) is 0 Å². The summed E-state index contributed by atoms with van der Waals surface area (Å²) in [7, 11) is -8.00. The van der Waals surface area contributed by atoms with E-state index < -0.39 is 35.3 Å². The standard InChI is InChI=1S/C20H27F3O5SSi/c1-12-7-8-15-14(9-12)18-16(26-19(15,2)3)10-13(11-17(18)28-30(4,5)6)27-29(24,25)20(21,22)23/h9-11,14-15H,7-8H2,1-6H3. The molecule has 0 N–H and O–H groups in total.